The number of carbonyl (C=O) groups is 2. The molecule has 2 amide bonds. The number of urea groups is 1. The second-order valence-electron chi connectivity index (χ2n) is 4.31. The van der Waals surface area contributed by atoms with Crippen molar-refractivity contribution < 1.29 is 19.1 Å². The van der Waals surface area contributed by atoms with Crippen LogP contribution in [0.1, 0.15) is 40.7 Å². The van der Waals surface area contributed by atoms with Crippen molar-refractivity contribution in [3.63, 3.8) is 0 Å². The summed E-state index contributed by atoms with van der Waals surface area (Å²) in [6, 6.07) is 0.496. The lowest BCUT2D eigenvalue weighted by atomic mass is 10.2. The van der Waals surface area contributed by atoms with Crippen molar-refractivity contribution in [1.82, 2.24) is 31.3 Å². The number of carbonyl (C=O) groups excluding carboxylic acids is 1. The summed E-state index contributed by atoms with van der Waals surface area (Å²) in [5.74, 6) is -0.0722. The quantitative estimate of drug-likeness (QED) is 0.622. The predicted octanol–water partition coefficient (Wildman–Crippen LogP) is 0.360. The lowest BCUT2D eigenvalue weighted by Gasteiger charge is -2.10. The Labute approximate surface area is 118 Å². The number of tetrazole rings is 1. The fourth-order valence-electron chi connectivity index (χ4n) is 1.68. The zero-order valence-corrected chi connectivity index (χ0v) is 11.4. The van der Waals surface area contributed by atoms with Crippen LogP contribution in [0.5, 0.6) is 0 Å². The Morgan fingerprint density at radius 3 is 2.86 bits per heavy atom. The van der Waals surface area contributed by atoms with E-state index < -0.39 is 18.0 Å². The fourth-order valence-corrected chi connectivity index (χ4v) is 1.68. The number of aryl methyl sites for hydroxylation is 1. The van der Waals surface area contributed by atoms with E-state index in [4.69, 9.17) is 9.52 Å². The summed E-state index contributed by atoms with van der Waals surface area (Å²) < 4.78 is 5.24. The third-order valence-electron chi connectivity index (χ3n) is 2.72. The highest BCUT2D eigenvalue weighted by Gasteiger charge is 2.16. The maximum absolute atomic E-state index is 11.7. The molecule has 0 aromatic carbocycles. The number of aromatic amines is 1. The largest absolute Gasteiger partial charge is 0.478 e. The molecule has 10 nitrogen and oxygen atoms in total. The number of rotatable bonds is 5. The van der Waals surface area contributed by atoms with E-state index >= 15 is 0 Å². The average Bonchev–Trinajstić information content (AvgIpc) is 3.05. The Bertz CT molecular complexity index is 635. The summed E-state index contributed by atoms with van der Waals surface area (Å²) >= 11 is 0. The van der Waals surface area contributed by atoms with E-state index in [1.807, 2.05) is 0 Å². The molecular formula is C11H14N6O4. The van der Waals surface area contributed by atoms with Crippen LogP contribution < -0.4 is 10.6 Å². The highest BCUT2D eigenvalue weighted by molar-refractivity contribution is 5.88. The molecule has 0 aliphatic heterocycles. The fraction of sp³-hybridized carbons (Fsp3) is 0.364. The zero-order chi connectivity index (χ0) is 15.4. The van der Waals surface area contributed by atoms with Gasteiger partial charge in [-0.1, -0.05) is 5.21 Å². The number of aromatic carboxylic acids is 1. The minimum atomic E-state index is -1.07. The van der Waals surface area contributed by atoms with Gasteiger partial charge < -0.3 is 20.2 Å². The van der Waals surface area contributed by atoms with Gasteiger partial charge in [-0.05, 0) is 19.9 Å². The Balaban J connectivity index is 1.86. The SMILES string of the molecule is Cc1oc(CNC(=O)NC(C)c2nn[nH]n2)cc1C(=O)O. The average molecular weight is 294 g/mol. The molecule has 2 aromatic heterocycles. The van der Waals surface area contributed by atoms with Crippen LogP contribution in [0.2, 0.25) is 0 Å². The van der Waals surface area contributed by atoms with Crippen LogP contribution in [0.15, 0.2) is 10.5 Å². The van der Waals surface area contributed by atoms with Crippen LogP contribution >= 0.6 is 0 Å². The van der Waals surface area contributed by atoms with Crippen molar-refractivity contribution in [3.05, 3.63) is 29.0 Å². The molecule has 0 fully saturated rings. The van der Waals surface area contributed by atoms with Crippen LogP contribution in [0.25, 0.3) is 0 Å². The molecule has 10 heteroatoms. The molecule has 21 heavy (non-hydrogen) atoms. The van der Waals surface area contributed by atoms with E-state index in [-0.39, 0.29) is 12.1 Å². The molecule has 2 heterocycles. The minimum absolute atomic E-state index is 0.0684. The van der Waals surface area contributed by atoms with E-state index in [1.54, 1.807) is 13.8 Å². The highest BCUT2D eigenvalue weighted by Crippen LogP contribution is 2.14. The first-order chi connectivity index (χ1) is 9.97. The van der Waals surface area contributed by atoms with Gasteiger partial charge in [0, 0.05) is 0 Å². The zero-order valence-electron chi connectivity index (χ0n) is 11.4. The normalized spacial score (nSPS) is 11.9. The van der Waals surface area contributed by atoms with Gasteiger partial charge in [-0.2, -0.15) is 5.21 Å². The van der Waals surface area contributed by atoms with Crippen LogP contribution in [-0.4, -0.2) is 37.7 Å². The van der Waals surface area contributed by atoms with Gasteiger partial charge in [-0.15, -0.1) is 10.2 Å². The number of furan rings is 1. The summed E-state index contributed by atoms with van der Waals surface area (Å²) in [5, 5.41) is 27.2. The molecule has 4 N–H and O–H groups in total. The van der Waals surface area contributed by atoms with E-state index in [0.717, 1.165) is 0 Å². The molecule has 1 unspecified atom stereocenters. The number of carboxylic acid groups (broad SMARTS) is 1. The van der Waals surface area contributed by atoms with Gasteiger partial charge in [-0.25, -0.2) is 9.59 Å². The molecule has 0 saturated heterocycles. The first-order valence-electron chi connectivity index (χ1n) is 6.07. The number of amides is 2. The van der Waals surface area contributed by atoms with Crippen LogP contribution in [-0.2, 0) is 6.54 Å². The van der Waals surface area contributed by atoms with Crippen molar-refractivity contribution in [2.75, 3.05) is 0 Å². The number of hydrogen-bond donors (Lipinski definition) is 4. The molecule has 2 rings (SSSR count). The number of carboxylic acids is 1. The number of nitrogens with zero attached hydrogens (tertiary/aromatic N) is 3. The van der Waals surface area contributed by atoms with Gasteiger partial charge >= 0.3 is 12.0 Å². The van der Waals surface area contributed by atoms with Crippen LogP contribution in [0, 0.1) is 6.92 Å². The maximum atomic E-state index is 11.7. The topological polar surface area (TPSA) is 146 Å². The standard InChI is InChI=1S/C11H14N6O4/c1-5(9-14-16-17-15-9)13-11(20)12-4-7-3-8(10(18)19)6(2)21-7/h3,5H,4H2,1-2H3,(H,18,19)(H2,12,13,20)(H,14,15,16,17). The lowest BCUT2D eigenvalue weighted by Crippen LogP contribution is -2.36. The van der Waals surface area contributed by atoms with E-state index in [1.165, 1.54) is 6.07 Å². The van der Waals surface area contributed by atoms with Crippen molar-refractivity contribution in [3.8, 4) is 0 Å². The summed E-state index contributed by atoms with van der Waals surface area (Å²) in [6.45, 7) is 3.31. The summed E-state index contributed by atoms with van der Waals surface area (Å²) in [7, 11) is 0. The molecule has 112 valence electrons. The number of nitrogens with one attached hydrogen (secondary N) is 3. The maximum Gasteiger partial charge on any atom is 0.339 e. The molecule has 0 spiro atoms. The van der Waals surface area contributed by atoms with Gasteiger partial charge in [0.2, 0.25) is 0 Å². The van der Waals surface area contributed by atoms with Crippen molar-refractivity contribution >= 4 is 12.0 Å². The third kappa shape index (κ3) is 3.55. The third-order valence-corrected chi connectivity index (χ3v) is 2.72. The van der Waals surface area contributed by atoms with Gasteiger partial charge in [0.05, 0.1) is 12.6 Å². The molecule has 0 radical (unpaired) electrons. The van der Waals surface area contributed by atoms with E-state index in [2.05, 4.69) is 31.3 Å². The Hall–Kier alpha value is -2.91. The Morgan fingerprint density at radius 2 is 2.29 bits per heavy atom. The molecule has 1 atom stereocenters. The van der Waals surface area contributed by atoms with E-state index in [9.17, 15) is 9.59 Å². The molecular weight excluding hydrogens is 280 g/mol. The van der Waals surface area contributed by atoms with Crippen molar-refractivity contribution in [2.45, 2.75) is 26.4 Å². The van der Waals surface area contributed by atoms with Gasteiger partial charge in [-0.3, -0.25) is 0 Å². The monoisotopic (exact) mass is 294 g/mol. The van der Waals surface area contributed by atoms with Gasteiger partial charge in [0.15, 0.2) is 5.82 Å². The summed E-state index contributed by atoms with van der Waals surface area (Å²) in [5.41, 5.74) is 0.0763. The second kappa shape index (κ2) is 6.03. The summed E-state index contributed by atoms with van der Waals surface area (Å²) in [6.07, 6.45) is 0. The van der Waals surface area contributed by atoms with Crippen molar-refractivity contribution in [2.24, 2.45) is 0 Å². The first-order valence-corrected chi connectivity index (χ1v) is 6.07. The molecule has 0 aliphatic carbocycles. The molecule has 2 aromatic rings. The highest BCUT2D eigenvalue weighted by atomic mass is 16.4. The van der Waals surface area contributed by atoms with Crippen LogP contribution in [0.3, 0.4) is 0 Å². The van der Waals surface area contributed by atoms with E-state index in [0.29, 0.717) is 17.3 Å². The van der Waals surface area contributed by atoms with Gasteiger partial charge in [0.25, 0.3) is 0 Å². The number of H-pyrrole nitrogens is 1. The number of hydrogen-bond acceptors (Lipinski definition) is 6. The predicted molar refractivity (Wildman–Crippen MR) is 68.4 cm³/mol. The first kappa shape index (κ1) is 14.5. The molecule has 0 saturated carbocycles. The van der Waals surface area contributed by atoms with Gasteiger partial charge in [0.1, 0.15) is 17.1 Å². The number of aromatic nitrogens is 4. The molecule has 0 aliphatic rings. The van der Waals surface area contributed by atoms with Crippen molar-refractivity contribution in [1.29, 1.82) is 0 Å². The smallest absolute Gasteiger partial charge is 0.339 e. The minimum Gasteiger partial charge on any atom is -0.478 e. The molecule has 0 bridgehead atoms. The lowest BCUT2D eigenvalue weighted by molar-refractivity contribution is 0.0695. The Morgan fingerprint density at radius 1 is 1.52 bits per heavy atom. The summed E-state index contributed by atoms with van der Waals surface area (Å²) in [4.78, 5) is 22.5. The second-order valence-corrected chi connectivity index (χ2v) is 4.31. The van der Waals surface area contributed by atoms with Crippen LogP contribution in [0.4, 0.5) is 4.79 Å². The Kier molecular flexibility index (Phi) is 4.16.